The van der Waals surface area contributed by atoms with Gasteiger partial charge < -0.3 is 14.2 Å². The van der Waals surface area contributed by atoms with Crippen molar-refractivity contribution in [2.24, 2.45) is 17.8 Å². The lowest BCUT2D eigenvalue weighted by Gasteiger charge is -2.18. The highest BCUT2D eigenvalue weighted by Gasteiger charge is 2.20. The molecule has 0 bridgehead atoms. The summed E-state index contributed by atoms with van der Waals surface area (Å²) in [4.78, 5) is 38.3. The zero-order chi connectivity index (χ0) is 52.6. The Morgan fingerprint density at radius 1 is 0.278 bits per heavy atom. The molecule has 0 saturated carbocycles. The van der Waals surface area contributed by atoms with E-state index in [1.165, 1.54) is 250 Å². The van der Waals surface area contributed by atoms with Gasteiger partial charge in [-0.3, -0.25) is 14.4 Å². The first-order valence-corrected chi connectivity index (χ1v) is 32.7. The molecule has 0 aromatic carbocycles. The minimum absolute atomic E-state index is 0.0627. The van der Waals surface area contributed by atoms with Gasteiger partial charge in [0.1, 0.15) is 13.2 Å². The van der Waals surface area contributed by atoms with E-state index in [-0.39, 0.29) is 31.1 Å². The van der Waals surface area contributed by atoms with Crippen LogP contribution in [0.25, 0.3) is 0 Å². The molecule has 0 fully saturated rings. The predicted octanol–water partition coefficient (Wildman–Crippen LogP) is 21.8. The van der Waals surface area contributed by atoms with Crippen molar-refractivity contribution < 1.29 is 28.6 Å². The maximum absolute atomic E-state index is 12.9. The Morgan fingerprint density at radius 2 is 0.486 bits per heavy atom. The quantitative estimate of drug-likeness (QED) is 0.0343. The van der Waals surface area contributed by atoms with E-state index in [2.05, 4.69) is 41.5 Å². The highest BCUT2D eigenvalue weighted by molar-refractivity contribution is 5.71. The van der Waals surface area contributed by atoms with E-state index in [0.717, 1.165) is 75.5 Å². The molecule has 72 heavy (non-hydrogen) atoms. The average Bonchev–Trinajstić information content (AvgIpc) is 3.37. The first-order chi connectivity index (χ1) is 35.2. The minimum atomic E-state index is -0.765. The van der Waals surface area contributed by atoms with E-state index in [1.54, 1.807) is 0 Å². The first kappa shape index (κ1) is 70.4. The van der Waals surface area contributed by atoms with Crippen LogP contribution in [-0.4, -0.2) is 37.2 Å². The fraction of sp³-hybridized carbons (Fsp3) is 0.955. The summed E-state index contributed by atoms with van der Waals surface area (Å²) >= 11 is 0. The van der Waals surface area contributed by atoms with Gasteiger partial charge in [0.15, 0.2) is 6.10 Å². The summed E-state index contributed by atoms with van der Waals surface area (Å²) in [7, 11) is 0. The number of hydrogen-bond donors (Lipinski definition) is 0. The van der Waals surface area contributed by atoms with Crippen LogP contribution in [0.4, 0.5) is 0 Å². The molecule has 0 aromatic heterocycles. The monoisotopic (exact) mass is 1020 g/mol. The molecule has 0 spiro atoms. The van der Waals surface area contributed by atoms with Crippen LogP contribution in [0.2, 0.25) is 0 Å². The molecule has 0 aromatic rings. The molecule has 3 atom stereocenters. The molecule has 6 nitrogen and oxygen atoms in total. The molecular formula is C66H128O6. The number of carbonyl (C=O) groups excluding carboxylic acids is 3. The lowest BCUT2D eigenvalue weighted by molar-refractivity contribution is -0.167. The van der Waals surface area contributed by atoms with Gasteiger partial charge in [0.2, 0.25) is 0 Å². The lowest BCUT2D eigenvalue weighted by Crippen LogP contribution is -2.30. The summed E-state index contributed by atoms with van der Waals surface area (Å²) in [6, 6.07) is 0. The summed E-state index contributed by atoms with van der Waals surface area (Å²) in [5.74, 6) is 1.79. The van der Waals surface area contributed by atoms with Crippen molar-refractivity contribution in [2.45, 2.75) is 375 Å². The molecule has 0 saturated heterocycles. The third kappa shape index (κ3) is 56.1. The van der Waals surface area contributed by atoms with Gasteiger partial charge in [-0.25, -0.2) is 0 Å². The molecule has 0 aliphatic carbocycles. The largest absolute Gasteiger partial charge is 0.462 e. The highest BCUT2D eigenvalue weighted by Crippen LogP contribution is 2.20. The van der Waals surface area contributed by atoms with Crippen LogP contribution in [0, 0.1) is 17.8 Å². The van der Waals surface area contributed by atoms with E-state index in [4.69, 9.17) is 14.2 Å². The second-order valence-electron chi connectivity index (χ2n) is 23.7. The fourth-order valence-corrected chi connectivity index (χ4v) is 10.2. The van der Waals surface area contributed by atoms with E-state index in [0.29, 0.717) is 19.3 Å². The maximum atomic E-state index is 12.9. The molecule has 0 aliphatic heterocycles. The number of ether oxygens (including phenoxy) is 3. The van der Waals surface area contributed by atoms with Gasteiger partial charge in [-0.15, -0.1) is 0 Å². The molecular weight excluding hydrogens is 889 g/mol. The number of carbonyl (C=O) groups is 3. The van der Waals surface area contributed by atoms with Crippen LogP contribution in [0.5, 0.6) is 0 Å². The number of unbranched alkanes of at least 4 members (excludes halogenated alkanes) is 40. The minimum Gasteiger partial charge on any atom is -0.462 e. The van der Waals surface area contributed by atoms with Crippen LogP contribution in [0.1, 0.15) is 369 Å². The van der Waals surface area contributed by atoms with Crippen molar-refractivity contribution in [1.82, 2.24) is 0 Å². The van der Waals surface area contributed by atoms with E-state index < -0.39 is 6.10 Å². The Morgan fingerprint density at radius 3 is 0.722 bits per heavy atom. The Hall–Kier alpha value is -1.59. The molecule has 6 heteroatoms. The molecule has 2 unspecified atom stereocenters. The fourth-order valence-electron chi connectivity index (χ4n) is 10.2. The third-order valence-electron chi connectivity index (χ3n) is 15.9. The van der Waals surface area contributed by atoms with Crippen LogP contribution in [0.15, 0.2) is 0 Å². The van der Waals surface area contributed by atoms with Crippen molar-refractivity contribution in [3.63, 3.8) is 0 Å². The van der Waals surface area contributed by atoms with Gasteiger partial charge in [-0.1, -0.05) is 330 Å². The summed E-state index contributed by atoms with van der Waals surface area (Å²) in [5, 5.41) is 0. The Labute approximate surface area is 450 Å². The van der Waals surface area contributed by atoms with Gasteiger partial charge in [0.25, 0.3) is 0 Å². The van der Waals surface area contributed by atoms with E-state index in [1.807, 2.05) is 0 Å². The Balaban J connectivity index is 4.27. The normalized spacial score (nSPS) is 12.9. The Kier molecular flexibility index (Phi) is 55.9. The number of esters is 3. The zero-order valence-electron chi connectivity index (χ0n) is 49.7. The average molecular weight is 1020 g/mol. The topological polar surface area (TPSA) is 78.9 Å². The standard InChI is InChI=1S/C66H128O6/c1-7-61(5)53-47-41-35-29-23-19-15-11-9-10-12-16-21-25-33-39-45-51-57-66(69)72-63(59-71-65(68)56-50-44-38-32-27-26-30-36-42-48-54-62(6)8-2)58-70-64(67)55-49-43-37-31-24-20-17-13-14-18-22-28-34-40-46-52-60(3)4/h60-63H,7-59H2,1-6H3/t61?,62?,63-/m0/s1. The van der Waals surface area contributed by atoms with Crippen LogP contribution >= 0.6 is 0 Å². The van der Waals surface area contributed by atoms with Crippen molar-refractivity contribution in [3.05, 3.63) is 0 Å². The van der Waals surface area contributed by atoms with Crippen molar-refractivity contribution >= 4 is 17.9 Å². The molecule has 0 radical (unpaired) electrons. The van der Waals surface area contributed by atoms with Gasteiger partial charge in [0.05, 0.1) is 0 Å². The molecule has 0 aliphatic rings. The molecule has 428 valence electrons. The smallest absolute Gasteiger partial charge is 0.306 e. The number of hydrogen-bond acceptors (Lipinski definition) is 6. The van der Waals surface area contributed by atoms with Crippen molar-refractivity contribution in [2.75, 3.05) is 13.2 Å². The van der Waals surface area contributed by atoms with E-state index in [9.17, 15) is 14.4 Å². The zero-order valence-corrected chi connectivity index (χ0v) is 49.7. The van der Waals surface area contributed by atoms with Gasteiger partial charge in [-0.05, 0) is 37.0 Å². The van der Waals surface area contributed by atoms with Crippen LogP contribution < -0.4 is 0 Å². The van der Waals surface area contributed by atoms with Crippen LogP contribution in [-0.2, 0) is 28.6 Å². The first-order valence-electron chi connectivity index (χ1n) is 32.7. The highest BCUT2D eigenvalue weighted by atomic mass is 16.6. The summed E-state index contributed by atoms with van der Waals surface area (Å²) < 4.78 is 17.0. The van der Waals surface area contributed by atoms with Gasteiger partial charge in [0, 0.05) is 19.3 Å². The van der Waals surface area contributed by atoms with Crippen molar-refractivity contribution in [3.8, 4) is 0 Å². The van der Waals surface area contributed by atoms with Crippen molar-refractivity contribution in [1.29, 1.82) is 0 Å². The van der Waals surface area contributed by atoms with E-state index >= 15 is 0 Å². The second kappa shape index (κ2) is 57.1. The molecule has 0 rings (SSSR count). The summed E-state index contributed by atoms with van der Waals surface area (Å²) in [6.45, 7) is 13.9. The third-order valence-corrected chi connectivity index (χ3v) is 15.9. The maximum Gasteiger partial charge on any atom is 0.306 e. The molecule has 0 N–H and O–H groups in total. The second-order valence-corrected chi connectivity index (χ2v) is 23.7. The lowest BCUT2D eigenvalue weighted by atomic mass is 9.99. The summed E-state index contributed by atoms with van der Waals surface area (Å²) in [6.07, 6.45) is 62.4. The SMILES string of the molecule is CCC(C)CCCCCCCCCCCCCCCCCCCCC(=O)O[C@@H](COC(=O)CCCCCCCCCCCCCCCCCC(C)C)COC(=O)CCCCCCCCCCCCC(C)CC. The summed E-state index contributed by atoms with van der Waals surface area (Å²) in [5.41, 5.74) is 0. The van der Waals surface area contributed by atoms with Gasteiger partial charge >= 0.3 is 17.9 Å². The Bertz CT molecular complexity index is 1120. The molecule has 0 heterocycles. The number of rotatable bonds is 59. The van der Waals surface area contributed by atoms with Crippen LogP contribution in [0.3, 0.4) is 0 Å². The predicted molar refractivity (Wildman–Crippen MR) is 312 cm³/mol. The molecule has 0 amide bonds. The van der Waals surface area contributed by atoms with Gasteiger partial charge in [-0.2, -0.15) is 0 Å².